The first-order valence-corrected chi connectivity index (χ1v) is 7.59. The van der Waals surface area contributed by atoms with Crippen molar-refractivity contribution in [2.45, 2.75) is 25.4 Å². The van der Waals surface area contributed by atoms with Crippen LogP contribution in [0, 0.1) is 5.82 Å². The molecule has 1 unspecified atom stereocenters. The van der Waals surface area contributed by atoms with Crippen LogP contribution in [0.4, 0.5) is 4.39 Å². The Balaban J connectivity index is 1.74. The highest BCUT2D eigenvalue weighted by Gasteiger charge is 2.30. The van der Waals surface area contributed by atoms with E-state index >= 15 is 0 Å². The summed E-state index contributed by atoms with van der Waals surface area (Å²) in [5, 5.41) is 0. The predicted octanol–water partition coefficient (Wildman–Crippen LogP) is 1.74. The molecule has 0 aromatic heterocycles. The van der Waals surface area contributed by atoms with Gasteiger partial charge in [-0.2, -0.15) is 0 Å². The summed E-state index contributed by atoms with van der Waals surface area (Å²) in [7, 11) is 0. The topological polar surface area (TPSA) is 32.5 Å². The second kappa shape index (κ2) is 5.76. The van der Waals surface area contributed by atoms with Gasteiger partial charge in [-0.1, -0.05) is 12.2 Å². The lowest BCUT2D eigenvalue weighted by Crippen LogP contribution is -2.49. The molecule has 20 heavy (non-hydrogen) atoms. The molecule has 0 aliphatic carbocycles. The lowest BCUT2D eigenvalue weighted by atomic mass is 10.1. The van der Waals surface area contributed by atoms with Gasteiger partial charge in [0.05, 0.1) is 0 Å². The van der Waals surface area contributed by atoms with Crippen molar-refractivity contribution >= 4 is 17.2 Å². The number of hydrogen-bond acceptors (Lipinski definition) is 3. The fraction of sp³-hybridized carbons (Fsp3) is 0.533. The number of benzene rings is 1. The highest BCUT2D eigenvalue weighted by molar-refractivity contribution is 7.80. The Hall–Kier alpha value is -1.04. The van der Waals surface area contributed by atoms with Gasteiger partial charge in [0.15, 0.2) is 0 Å². The summed E-state index contributed by atoms with van der Waals surface area (Å²) >= 11 is 5.06. The molecule has 0 radical (unpaired) electrons. The zero-order valence-corrected chi connectivity index (χ0v) is 12.3. The number of rotatable bonds is 3. The van der Waals surface area contributed by atoms with Crippen molar-refractivity contribution in [2.24, 2.45) is 5.73 Å². The van der Waals surface area contributed by atoms with E-state index < -0.39 is 0 Å². The van der Waals surface area contributed by atoms with Gasteiger partial charge in [-0.05, 0) is 43.1 Å². The Bertz CT molecular complexity index is 520. The predicted molar refractivity (Wildman–Crippen MR) is 82.2 cm³/mol. The third-order valence-corrected chi connectivity index (χ3v) is 4.62. The first-order valence-electron chi connectivity index (χ1n) is 7.18. The largest absolute Gasteiger partial charge is 0.389 e. The van der Waals surface area contributed by atoms with Gasteiger partial charge in [0.1, 0.15) is 10.8 Å². The fourth-order valence-electron chi connectivity index (χ4n) is 3.37. The average Bonchev–Trinajstić information content (AvgIpc) is 2.85. The molecule has 1 aromatic carbocycles. The molecule has 0 spiro atoms. The maximum absolute atomic E-state index is 13.5. The van der Waals surface area contributed by atoms with Gasteiger partial charge in [0.25, 0.3) is 0 Å². The Morgan fingerprint density at radius 2 is 2.20 bits per heavy atom. The van der Waals surface area contributed by atoms with Crippen LogP contribution >= 0.6 is 12.2 Å². The lowest BCUT2D eigenvalue weighted by molar-refractivity contribution is 0.0993. The van der Waals surface area contributed by atoms with Crippen LogP contribution in [0.3, 0.4) is 0 Å². The number of thiocarbonyl (C=S) groups is 1. The van der Waals surface area contributed by atoms with E-state index in [1.807, 2.05) is 0 Å². The molecule has 2 N–H and O–H groups in total. The van der Waals surface area contributed by atoms with E-state index in [-0.39, 0.29) is 5.82 Å². The van der Waals surface area contributed by atoms with Crippen LogP contribution in [0.1, 0.15) is 24.0 Å². The molecular formula is C15H20FN3S. The van der Waals surface area contributed by atoms with Crippen molar-refractivity contribution in [2.75, 3.05) is 26.2 Å². The molecule has 2 heterocycles. The summed E-state index contributed by atoms with van der Waals surface area (Å²) in [6, 6.07) is 5.35. The van der Waals surface area contributed by atoms with Gasteiger partial charge >= 0.3 is 0 Å². The molecule has 0 amide bonds. The Labute approximate surface area is 124 Å². The molecule has 0 bridgehead atoms. The summed E-state index contributed by atoms with van der Waals surface area (Å²) in [6.45, 7) is 5.17. The van der Waals surface area contributed by atoms with E-state index in [2.05, 4.69) is 9.80 Å². The highest BCUT2D eigenvalue weighted by atomic mass is 32.1. The van der Waals surface area contributed by atoms with Crippen molar-refractivity contribution in [1.29, 1.82) is 0 Å². The quantitative estimate of drug-likeness (QED) is 0.861. The molecule has 3 rings (SSSR count). The first-order chi connectivity index (χ1) is 9.63. The maximum atomic E-state index is 13.5. The van der Waals surface area contributed by atoms with Crippen LogP contribution in [-0.2, 0) is 6.54 Å². The van der Waals surface area contributed by atoms with E-state index in [0.29, 0.717) is 11.0 Å². The summed E-state index contributed by atoms with van der Waals surface area (Å²) in [5.74, 6) is -0.223. The highest BCUT2D eigenvalue weighted by Crippen LogP contribution is 2.23. The Kier molecular flexibility index (Phi) is 4.01. The molecule has 0 saturated carbocycles. The van der Waals surface area contributed by atoms with Gasteiger partial charge in [-0.25, -0.2) is 4.39 Å². The number of nitrogens with two attached hydrogens (primary N) is 1. The summed E-state index contributed by atoms with van der Waals surface area (Å²) in [4.78, 5) is 5.30. The van der Waals surface area contributed by atoms with Crippen LogP contribution in [0.25, 0.3) is 0 Å². The van der Waals surface area contributed by atoms with E-state index in [0.717, 1.165) is 37.3 Å². The number of nitrogens with zero attached hydrogens (tertiary/aromatic N) is 2. The minimum Gasteiger partial charge on any atom is -0.389 e. The number of hydrogen-bond donors (Lipinski definition) is 1. The van der Waals surface area contributed by atoms with Crippen LogP contribution < -0.4 is 5.73 Å². The fourth-order valence-corrected chi connectivity index (χ4v) is 3.57. The SMILES string of the molecule is NC(=S)c1ccc(F)cc1CN1CCN2CCCC2C1. The molecule has 1 atom stereocenters. The van der Waals surface area contributed by atoms with Gasteiger partial charge in [0, 0.05) is 37.8 Å². The van der Waals surface area contributed by atoms with Crippen LogP contribution in [0.15, 0.2) is 18.2 Å². The van der Waals surface area contributed by atoms with Gasteiger partial charge in [0.2, 0.25) is 0 Å². The molecule has 5 heteroatoms. The molecule has 2 saturated heterocycles. The van der Waals surface area contributed by atoms with E-state index in [1.165, 1.54) is 25.5 Å². The third-order valence-electron chi connectivity index (χ3n) is 4.40. The number of piperazine rings is 1. The van der Waals surface area contributed by atoms with E-state index in [1.54, 1.807) is 12.1 Å². The second-order valence-electron chi connectivity index (χ2n) is 5.73. The molecule has 108 valence electrons. The van der Waals surface area contributed by atoms with Crippen molar-refractivity contribution < 1.29 is 4.39 Å². The summed E-state index contributed by atoms with van der Waals surface area (Å²) in [5.41, 5.74) is 7.45. The van der Waals surface area contributed by atoms with Crippen LogP contribution in [-0.4, -0.2) is 47.0 Å². The molecule has 2 aliphatic rings. The second-order valence-corrected chi connectivity index (χ2v) is 6.17. The van der Waals surface area contributed by atoms with Crippen molar-refractivity contribution in [3.8, 4) is 0 Å². The normalized spacial score (nSPS) is 23.8. The molecule has 2 fully saturated rings. The standard InChI is InChI=1S/C15H20FN3S/c16-12-3-4-14(15(17)20)11(8-12)9-18-6-7-19-5-1-2-13(19)10-18/h3-4,8,13H,1-2,5-7,9-10H2,(H2,17,20). The van der Waals surface area contributed by atoms with Crippen LogP contribution in [0.2, 0.25) is 0 Å². The summed E-state index contributed by atoms with van der Waals surface area (Å²) < 4.78 is 13.5. The zero-order chi connectivity index (χ0) is 14.1. The lowest BCUT2D eigenvalue weighted by Gasteiger charge is -2.37. The molecule has 2 aliphatic heterocycles. The van der Waals surface area contributed by atoms with E-state index in [9.17, 15) is 4.39 Å². The van der Waals surface area contributed by atoms with Crippen molar-refractivity contribution in [3.05, 3.63) is 35.1 Å². The van der Waals surface area contributed by atoms with Gasteiger partial charge < -0.3 is 5.73 Å². The van der Waals surface area contributed by atoms with Gasteiger partial charge in [-0.3, -0.25) is 9.80 Å². The Morgan fingerprint density at radius 1 is 1.35 bits per heavy atom. The zero-order valence-electron chi connectivity index (χ0n) is 11.5. The smallest absolute Gasteiger partial charge is 0.123 e. The third kappa shape index (κ3) is 2.85. The minimum atomic E-state index is -0.223. The van der Waals surface area contributed by atoms with Gasteiger partial charge in [-0.15, -0.1) is 0 Å². The molecule has 1 aromatic rings. The van der Waals surface area contributed by atoms with E-state index in [4.69, 9.17) is 18.0 Å². The maximum Gasteiger partial charge on any atom is 0.123 e. The number of halogens is 1. The molecular weight excluding hydrogens is 273 g/mol. The van der Waals surface area contributed by atoms with Crippen molar-refractivity contribution in [1.82, 2.24) is 9.80 Å². The minimum absolute atomic E-state index is 0.223. The monoisotopic (exact) mass is 293 g/mol. The average molecular weight is 293 g/mol. The Morgan fingerprint density at radius 3 is 3.00 bits per heavy atom. The van der Waals surface area contributed by atoms with Crippen molar-refractivity contribution in [3.63, 3.8) is 0 Å². The molecule has 3 nitrogen and oxygen atoms in total. The number of fused-ring (bicyclic) bond motifs is 1. The first kappa shape index (κ1) is 13.9. The summed E-state index contributed by atoms with van der Waals surface area (Å²) in [6.07, 6.45) is 2.58. The van der Waals surface area contributed by atoms with Crippen LogP contribution in [0.5, 0.6) is 0 Å².